The first-order chi connectivity index (χ1) is 24.7. The van der Waals surface area contributed by atoms with Crippen molar-refractivity contribution in [3.05, 3.63) is 102 Å². The highest BCUT2D eigenvalue weighted by Crippen LogP contribution is 2.35. The molecule has 1 heterocycles. The number of aliphatic hydroxyl groups excluding tert-OH is 1. The standard InChI is InChI=1S/C43H64N4O3/c1-3-46(4-2)32-34-50-41-24-22-39(23-25-41)43(38-19-11-8-12-20-38)42(37-17-9-7-10-18-37)21-15-33-49-36-40(48)35-47-30-14-6-5-13-26-44-27-16-28-45-29-31-47/h7-12,17-20,22-25,40,44-45,48H,3-6,13-16,21,26-36H2,1-2H3/b43-42-. The molecule has 1 atom stereocenters. The molecule has 0 aromatic heterocycles. The van der Waals surface area contributed by atoms with Crippen molar-refractivity contribution in [1.29, 1.82) is 0 Å². The molecule has 1 fully saturated rings. The van der Waals surface area contributed by atoms with Crippen molar-refractivity contribution in [3.63, 3.8) is 0 Å². The summed E-state index contributed by atoms with van der Waals surface area (Å²) in [6, 6.07) is 30.0. The second-order valence-corrected chi connectivity index (χ2v) is 13.4. The van der Waals surface area contributed by atoms with Crippen LogP contribution in [0.4, 0.5) is 0 Å². The van der Waals surface area contributed by atoms with Crippen molar-refractivity contribution >= 4 is 11.1 Å². The number of β-amino-alcohol motifs (C(OH)–C–C–N with tert-alkyl or cyclic N) is 1. The van der Waals surface area contributed by atoms with Crippen LogP contribution in [0.1, 0.15) is 75.5 Å². The van der Waals surface area contributed by atoms with E-state index < -0.39 is 6.10 Å². The van der Waals surface area contributed by atoms with Gasteiger partial charge in [-0.1, -0.05) is 99.5 Å². The predicted molar refractivity (Wildman–Crippen MR) is 210 cm³/mol. The van der Waals surface area contributed by atoms with Crippen LogP contribution in [0.2, 0.25) is 0 Å². The van der Waals surface area contributed by atoms with Gasteiger partial charge in [-0.3, -0.25) is 4.90 Å². The van der Waals surface area contributed by atoms with Crippen LogP contribution in [0, 0.1) is 0 Å². The van der Waals surface area contributed by atoms with E-state index >= 15 is 0 Å². The zero-order valence-corrected chi connectivity index (χ0v) is 31.0. The first kappa shape index (κ1) is 39.7. The number of nitrogens with zero attached hydrogens (tertiary/aromatic N) is 2. The minimum atomic E-state index is -0.491. The van der Waals surface area contributed by atoms with Crippen LogP contribution < -0.4 is 15.4 Å². The van der Waals surface area contributed by atoms with E-state index in [9.17, 15) is 5.11 Å². The van der Waals surface area contributed by atoms with Crippen molar-refractivity contribution in [2.45, 2.75) is 64.9 Å². The predicted octanol–water partition coefficient (Wildman–Crippen LogP) is 6.97. The monoisotopic (exact) mass is 684 g/mol. The Labute approximate surface area is 303 Å². The van der Waals surface area contributed by atoms with Crippen molar-refractivity contribution in [2.75, 3.05) is 85.3 Å². The van der Waals surface area contributed by atoms with Gasteiger partial charge in [-0.15, -0.1) is 0 Å². The Bertz CT molecular complexity index is 1300. The molecule has 4 rings (SSSR count). The molecule has 0 saturated carbocycles. The van der Waals surface area contributed by atoms with Gasteiger partial charge in [0.05, 0.1) is 12.7 Å². The van der Waals surface area contributed by atoms with E-state index in [2.05, 4.69) is 119 Å². The molecule has 1 unspecified atom stereocenters. The van der Waals surface area contributed by atoms with Gasteiger partial charge >= 0.3 is 0 Å². The summed E-state index contributed by atoms with van der Waals surface area (Å²) >= 11 is 0. The van der Waals surface area contributed by atoms with Gasteiger partial charge in [-0.25, -0.2) is 0 Å². The zero-order valence-electron chi connectivity index (χ0n) is 31.0. The Balaban J connectivity index is 1.38. The normalized spacial score (nSPS) is 16.8. The quantitative estimate of drug-likeness (QED) is 0.105. The highest BCUT2D eigenvalue weighted by atomic mass is 16.5. The summed E-state index contributed by atoms with van der Waals surface area (Å²) in [7, 11) is 0. The highest BCUT2D eigenvalue weighted by molar-refractivity contribution is 5.98. The van der Waals surface area contributed by atoms with E-state index in [1.54, 1.807) is 0 Å². The van der Waals surface area contributed by atoms with Gasteiger partial charge < -0.3 is 30.1 Å². The number of ether oxygens (including phenoxy) is 2. The topological polar surface area (TPSA) is 69.2 Å². The van der Waals surface area contributed by atoms with Gasteiger partial charge in [-0.2, -0.15) is 0 Å². The highest BCUT2D eigenvalue weighted by Gasteiger charge is 2.16. The fourth-order valence-corrected chi connectivity index (χ4v) is 6.70. The minimum absolute atomic E-state index is 0.362. The largest absolute Gasteiger partial charge is 0.492 e. The Hall–Kier alpha value is -3.04. The van der Waals surface area contributed by atoms with E-state index in [1.165, 1.54) is 53.5 Å². The summed E-state index contributed by atoms with van der Waals surface area (Å²) in [6.07, 6.45) is 7.33. The third-order valence-electron chi connectivity index (χ3n) is 9.58. The van der Waals surface area contributed by atoms with E-state index in [4.69, 9.17) is 9.47 Å². The lowest BCUT2D eigenvalue weighted by molar-refractivity contribution is 0.0161. The maximum atomic E-state index is 11.0. The van der Waals surface area contributed by atoms with Gasteiger partial charge in [0.25, 0.3) is 0 Å². The summed E-state index contributed by atoms with van der Waals surface area (Å²) in [4.78, 5) is 4.79. The number of aliphatic hydroxyl groups is 1. The van der Waals surface area contributed by atoms with Crippen molar-refractivity contribution in [1.82, 2.24) is 20.4 Å². The van der Waals surface area contributed by atoms with Gasteiger partial charge in [0.2, 0.25) is 0 Å². The number of nitrogens with one attached hydrogen (secondary N) is 2. The van der Waals surface area contributed by atoms with Crippen LogP contribution >= 0.6 is 0 Å². The van der Waals surface area contributed by atoms with E-state index in [1.807, 2.05) is 0 Å². The fraction of sp³-hybridized carbons (Fsp3) is 0.535. The average Bonchev–Trinajstić information content (AvgIpc) is 3.15. The summed E-state index contributed by atoms with van der Waals surface area (Å²) < 4.78 is 12.2. The van der Waals surface area contributed by atoms with Crippen LogP contribution in [0.15, 0.2) is 84.9 Å². The smallest absolute Gasteiger partial charge is 0.119 e. The molecule has 274 valence electrons. The van der Waals surface area contributed by atoms with Crippen molar-refractivity contribution in [2.24, 2.45) is 0 Å². The summed E-state index contributed by atoms with van der Waals surface area (Å²) in [5.41, 5.74) is 6.12. The minimum Gasteiger partial charge on any atom is -0.492 e. The lowest BCUT2D eigenvalue weighted by Gasteiger charge is -2.25. The van der Waals surface area contributed by atoms with Gasteiger partial charge in [0.15, 0.2) is 0 Å². The molecular weight excluding hydrogens is 620 g/mol. The molecule has 0 spiro atoms. The van der Waals surface area contributed by atoms with E-state index in [0.29, 0.717) is 26.4 Å². The molecule has 0 amide bonds. The SMILES string of the molecule is CCN(CC)CCOc1ccc(/C(=C(/CCCOCC(O)CN2CCCCCCNCCCNCC2)c2ccccc2)c2ccccc2)cc1. The summed E-state index contributed by atoms with van der Waals surface area (Å²) in [6.45, 7) is 15.9. The molecule has 1 aliphatic rings. The van der Waals surface area contributed by atoms with Crippen molar-refractivity contribution in [3.8, 4) is 5.75 Å². The Morgan fingerprint density at radius 1 is 0.720 bits per heavy atom. The number of hydrogen-bond acceptors (Lipinski definition) is 7. The lowest BCUT2D eigenvalue weighted by atomic mass is 9.87. The summed E-state index contributed by atoms with van der Waals surface area (Å²) in [5.74, 6) is 0.897. The third-order valence-corrected chi connectivity index (χ3v) is 9.58. The fourth-order valence-electron chi connectivity index (χ4n) is 6.70. The molecular formula is C43H64N4O3. The molecule has 0 radical (unpaired) electrons. The molecule has 50 heavy (non-hydrogen) atoms. The molecule has 0 aliphatic carbocycles. The molecule has 1 saturated heterocycles. The molecule has 3 N–H and O–H groups in total. The van der Waals surface area contributed by atoms with E-state index in [0.717, 1.165) is 83.9 Å². The van der Waals surface area contributed by atoms with Crippen LogP contribution in [0.25, 0.3) is 11.1 Å². The maximum Gasteiger partial charge on any atom is 0.119 e. The first-order valence-corrected chi connectivity index (χ1v) is 19.4. The number of benzene rings is 3. The second kappa shape index (κ2) is 24.2. The molecule has 3 aromatic rings. The Morgan fingerprint density at radius 3 is 2.08 bits per heavy atom. The second-order valence-electron chi connectivity index (χ2n) is 13.4. The number of hydrogen-bond donors (Lipinski definition) is 3. The van der Waals surface area contributed by atoms with Gasteiger partial charge in [-0.05, 0) is 111 Å². The average molecular weight is 685 g/mol. The molecule has 7 nitrogen and oxygen atoms in total. The zero-order chi connectivity index (χ0) is 35.1. The Morgan fingerprint density at radius 2 is 1.36 bits per heavy atom. The van der Waals surface area contributed by atoms with E-state index in [-0.39, 0.29) is 0 Å². The maximum absolute atomic E-state index is 11.0. The molecule has 0 bridgehead atoms. The number of likely N-dealkylation sites (N-methyl/N-ethyl adjacent to an activating group) is 1. The van der Waals surface area contributed by atoms with Crippen LogP contribution in [-0.2, 0) is 4.74 Å². The first-order valence-electron chi connectivity index (χ1n) is 19.4. The Kier molecular flexibility index (Phi) is 19.2. The number of allylic oxidation sites excluding steroid dienone is 1. The van der Waals surface area contributed by atoms with Crippen molar-refractivity contribution < 1.29 is 14.6 Å². The molecule has 7 heteroatoms. The van der Waals surface area contributed by atoms with Gasteiger partial charge in [0.1, 0.15) is 12.4 Å². The lowest BCUT2D eigenvalue weighted by Crippen LogP contribution is -2.40. The van der Waals surface area contributed by atoms with Gasteiger partial charge in [0, 0.05) is 32.8 Å². The third kappa shape index (κ3) is 14.7. The van der Waals surface area contributed by atoms with Crippen LogP contribution in [-0.4, -0.2) is 106 Å². The van der Waals surface area contributed by atoms with Crippen LogP contribution in [0.5, 0.6) is 5.75 Å². The molecule has 3 aromatic carbocycles. The van der Waals surface area contributed by atoms with Crippen LogP contribution in [0.3, 0.4) is 0 Å². The molecule has 1 aliphatic heterocycles. The summed E-state index contributed by atoms with van der Waals surface area (Å²) in [5, 5.41) is 18.1. The number of rotatable bonds is 17.